The third kappa shape index (κ3) is 3.43. The SMILES string of the molecule is CCC[C@H](C#N)NC(=O)c1ccc(-c2cscn2)cc1. The van der Waals surface area contributed by atoms with Crippen LogP contribution in [0.15, 0.2) is 35.2 Å². The number of carbonyl (C=O) groups excluding carboxylic acids is 1. The smallest absolute Gasteiger partial charge is 0.252 e. The maximum atomic E-state index is 12.0. The average Bonchev–Trinajstić information content (AvgIpc) is 3.01. The van der Waals surface area contributed by atoms with Crippen molar-refractivity contribution in [2.24, 2.45) is 0 Å². The van der Waals surface area contributed by atoms with Gasteiger partial charge < -0.3 is 5.32 Å². The molecule has 0 radical (unpaired) electrons. The molecule has 2 aromatic rings. The van der Waals surface area contributed by atoms with E-state index in [0.29, 0.717) is 12.0 Å². The molecule has 0 bridgehead atoms. The monoisotopic (exact) mass is 285 g/mol. The largest absolute Gasteiger partial charge is 0.336 e. The van der Waals surface area contributed by atoms with Crippen LogP contribution in [0.1, 0.15) is 30.1 Å². The number of nitriles is 1. The molecule has 0 aliphatic heterocycles. The average molecular weight is 285 g/mol. The molecule has 1 atom stereocenters. The van der Waals surface area contributed by atoms with Crippen LogP contribution < -0.4 is 5.32 Å². The molecular weight excluding hydrogens is 270 g/mol. The lowest BCUT2D eigenvalue weighted by atomic mass is 10.1. The Bertz CT molecular complexity index is 599. The van der Waals surface area contributed by atoms with Crippen molar-refractivity contribution in [3.63, 3.8) is 0 Å². The fraction of sp³-hybridized carbons (Fsp3) is 0.267. The lowest BCUT2D eigenvalue weighted by Crippen LogP contribution is -2.33. The molecule has 0 aliphatic rings. The van der Waals surface area contributed by atoms with Crippen molar-refractivity contribution in [1.82, 2.24) is 10.3 Å². The molecule has 0 spiro atoms. The summed E-state index contributed by atoms with van der Waals surface area (Å²) in [6.07, 6.45) is 1.53. The Kier molecular flexibility index (Phi) is 4.85. The molecule has 1 aromatic heterocycles. The third-order valence-electron chi connectivity index (χ3n) is 2.91. The molecule has 1 N–H and O–H groups in total. The van der Waals surface area contributed by atoms with Crippen molar-refractivity contribution in [2.45, 2.75) is 25.8 Å². The number of thiazole rings is 1. The van der Waals surface area contributed by atoms with Crippen LogP contribution in [0.25, 0.3) is 11.3 Å². The van der Waals surface area contributed by atoms with Crippen molar-refractivity contribution in [2.75, 3.05) is 0 Å². The predicted octanol–water partition coefficient (Wildman–Crippen LogP) is 3.23. The number of carbonyl (C=O) groups is 1. The lowest BCUT2D eigenvalue weighted by Gasteiger charge is -2.10. The van der Waals surface area contributed by atoms with Gasteiger partial charge in [0.25, 0.3) is 5.91 Å². The Morgan fingerprint density at radius 1 is 1.45 bits per heavy atom. The van der Waals surface area contributed by atoms with E-state index in [1.165, 1.54) is 11.3 Å². The highest BCUT2D eigenvalue weighted by molar-refractivity contribution is 7.07. The number of benzene rings is 1. The number of hydrogen-bond acceptors (Lipinski definition) is 4. The van der Waals surface area contributed by atoms with Crippen LogP contribution in [0.5, 0.6) is 0 Å². The molecule has 2 rings (SSSR count). The van der Waals surface area contributed by atoms with Crippen molar-refractivity contribution < 1.29 is 4.79 Å². The fourth-order valence-corrected chi connectivity index (χ4v) is 2.41. The standard InChI is InChI=1S/C15H15N3OS/c1-2-3-13(8-16)18-15(19)12-6-4-11(5-7-12)14-9-20-10-17-14/h4-7,9-10,13H,2-3H2,1H3,(H,18,19)/t13-/m1/s1. The summed E-state index contributed by atoms with van der Waals surface area (Å²) in [5, 5.41) is 13.6. The van der Waals surface area contributed by atoms with Crippen LogP contribution in [0, 0.1) is 11.3 Å². The summed E-state index contributed by atoms with van der Waals surface area (Å²) in [5.41, 5.74) is 4.22. The molecule has 5 heteroatoms. The van der Waals surface area contributed by atoms with Gasteiger partial charge in [0.15, 0.2) is 0 Å². The molecular formula is C15H15N3OS. The number of aromatic nitrogens is 1. The van der Waals surface area contributed by atoms with E-state index in [1.54, 1.807) is 17.6 Å². The highest BCUT2D eigenvalue weighted by atomic mass is 32.1. The van der Waals surface area contributed by atoms with Crippen LogP contribution in [0.2, 0.25) is 0 Å². The van der Waals surface area contributed by atoms with Crippen LogP contribution in [-0.2, 0) is 0 Å². The zero-order valence-electron chi connectivity index (χ0n) is 11.2. The van der Waals surface area contributed by atoms with Gasteiger partial charge in [-0.3, -0.25) is 4.79 Å². The summed E-state index contributed by atoms with van der Waals surface area (Å²) in [5.74, 6) is -0.213. The Hall–Kier alpha value is -2.19. The van der Waals surface area contributed by atoms with Gasteiger partial charge >= 0.3 is 0 Å². The summed E-state index contributed by atoms with van der Waals surface area (Å²) in [6.45, 7) is 1.99. The summed E-state index contributed by atoms with van der Waals surface area (Å²) >= 11 is 1.54. The van der Waals surface area contributed by atoms with E-state index in [4.69, 9.17) is 5.26 Å². The summed E-state index contributed by atoms with van der Waals surface area (Å²) in [6, 6.07) is 8.91. The first-order valence-electron chi connectivity index (χ1n) is 6.43. The maximum absolute atomic E-state index is 12.0. The third-order valence-corrected chi connectivity index (χ3v) is 3.50. The van der Waals surface area contributed by atoms with Gasteiger partial charge in [0.2, 0.25) is 0 Å². The number of amides is 1. The molecule has 1 amide bonds. The van der Waals surface area contributed by atoms with E-state index in [-0.39, 0.29) is 5.91 Å². The summed E-state index contributed by atoms with van der Waals surface area (Å²) in [7, 11) is 0. The number of nitrogens with one attached hydrogen (secondary N) is 1. The van der Waals surface area contributed by atoms with Gasteiger partial charge in [-0.15, -0.1) is 11.3 Å². The maximum Gasteiger partial charge on any atom is 0.252 e. The topological polar surface area (TPSA) is 65.8 Å². The predicted molar refractivity (Wildman–Crippen MR) is 79.3 cm³/mol. The Labute approximate surface area is 122 Å². The van der Waals surface area contributed by atoms with Crippen molar-refractivity contribution in [3.05, 3.63) is 40.7 Å². The first kappa shape index (κ1) is 14.2. The lowest BCUT2D eigenvalue weighted by molar-refractivity contribution is 0.0944. The molecule has 1 aromatic carbocycles. The second-order valence-electron chi connectivity index (χ2n) is 4.39. The summed E-state index contributed by atoms with van der Waals surface area (Å²) in [4.78, 5) is 16.2. The molecule has 1 heterocycles. The second-order valence-corrected chi connectivity index (χ2v) is 5.11. The Morgan fingerprint density at radius 2 is 2.20 bits per heavy atom. The zero-order chi connectivity index (χ0) is 14.4. The molecule has 4 nitrogen and oxygen atoms in total. The number of nitrogens with zero attached hydrogens (tertiary/aromatic N) is 2. The van der Waals surface area contributed by atoms with Crippen molar-refractivity contribution in [1.29, 1.82) is 5.26 Å². The van der Waals surface area contributed by atoms with Crippen molar-refractivity contribution >= 4 is 17.2 Å². The van der Waals surface area contributed by atoms with E-state index >= 15 is 0 Å². The molecule has 0 aliphatic carbocycles. The summed E-state index contributed by atoms with van der Waals surface area (Å²) < 4.78 is 0. The van der Waals surface area contributed by atoms with Crippen LogP contribution >= 0.6 is 11.3 Å². The Morgan fingerprint density at radius 3 is 2.75 bits per heavy atom. The molecule has 20 heavy (non-hydrogen) atoms. The first-order chi connectivity index (χ1) is 9.74. The van der Waals surface area contributed by atoms with Crippen molar-refractivity contribution in [3.8, 4) is 17.3 Å². The second kappa shape index (κ2) is 6.83. The van der Waals surface area contributed by atoms with Crippen LogP contribution in [-0.4, -0.2) is 16.9 Å². The molecule has 0 saturated carbocycles. The highest BCUT2D eigenvalue weighted by Gasteiger charge is 2.12. The van der Waals surface area contributed by atoms with Crippen LogP contribution in [0.4, 0.5) is 0 Å². The molecule has 0 saturated heterocycles. The number of hydrogen-bond donors (Lipinski definition) is 1. The van der Waals surface area contributed by atoms with Crippen LogP contribution in [0.3, 0.4) is 0 Å². The van der Waals surface area contributed by atoms with Gasteiger partial charge in [0.05, 0.1) is 17.3 Å². The van der Waals surface area contributed by atoms with E-state index in [9.17, 15) is 4.79 Å². The first-order valence-corrected chi connectivity index (χ1v) is 7.38. The minimum Gasteiger partial charge on any atom is -0.336 e. The minimum atomic E-state index is -0.425. The Balaban J connectivity index is 2.06. The molecule has 0 fully saturated rings. The van der Waals surface area contributed by atoms with E-state index in [1.807, 2.05) is 24.4 Å². The van der Waals surface area contributed by atoms with Gasteiger partial charge in [-0.2, -0.15) is 5.26 Å². The fourth-order valence-electron chi connectivity index (χ4n) is 1.85. The molecule has 0 unspecified atom stereocenters. The van der Waals surface area contributed by atoms with Gasteiger partial charge in [0, 0.05) is 16.5 Å². The minimum absolute atomic E-state index is 0.213. The van der Waals surface area contributed by atoms with Gasteiger partial charge in [0.1, 0.15) is 6.04 Å². The quantitative estimate of drug-likeness (QED) is 0.917. The zero-order valence-corrected chi connectivity index (χ0v) is 12.0. The molecule has 102 valence electrons. The van der Waals surface area contributed by atoms with Gasteiger partial charge in [-0.05, 0) is 18.6 Å². The number of rotatable bonds is 5. The van der Waals surface area contributed by atoms with E-state index in [0.717, 1.165) is 17.7 Å². The van der Waals surface area contributed by atoms with Gasteiger partial charge in [-0.25, -0.2) is 4.98 Å². The highest BCUT2D eigenvalue weighted by Crippen LogP contribution is 2.19. The van der Waals surface area contributed by atoms with E-state index < -0.39 is 6.04 Å². The van der Waals surface area contributed by atoms with E-state index in [2.05, 4.69) is 16.4 Å². The normalized spacial score (nSPS) is 11.6. The van der Waals surface area contributed by atoms with Gasteiger partial charge in [-0.1, -0.05) is 25.5 Å².